The minimum absolute atomic E-state index is 0.0559. The molecule has 176 valence electrons. The van der Waals surface area contributed by atoms with Crippen molar-refractivity contribution in [3.05, 3.63) is 23.8 Å². The van der Waals surface area contributed by atoms with Crippen molar-refractivity contribution >= 4 is 29.2 Å². The summed E-state index contributed by atoms with van der Waals surface area (Å²) in [5.74, 6) is 1.70. The number of hydrogen-bond acceptors (Lipinski definition) is 8. The van der Waals surface area contributed by atoms with Gasteiger partial charge in [0.1, 0.15) is 17.5 Å². The van der Waals surface area contributed by atoms with Gasteiger partial charge in [0.25, 0.3) is 0 Å². The fourth-order valence-electron chi connectivity index (χ4n) is 4.75. The number of halogens is 3. The number of hydrogen-bond donors (Lipinski definition) is 2. The molecule has 0 unspecified atom stereocenters. The molecular formula is C21H25F3N8O. The van der Waals surface area contributed by atoms with E-state index < -0.39 is 11.9 Å². The summed E-state index contributed by atoms with van der Waals surface area (Å²) < 4.78 is 38.0. The second-order valence-corrected chi connectivity index (χ2v) is 8.83. The van der Waals surface area contributed by atoms with Gasteiger partial charge in [-0.05, 0) is 39.0 Å². The van der Waals surface area contributed by atoms with Crippen LogP contribution in [-0.4, -0.2) is 57.6 Å². The average molecular weight is 462 g/mol. The number of nitrogens with zero attached hydrogens (tertiary/aromatic N) is 6. The van der Waals surface area contributed by atoms with Crippen molar-refractivity contribution in [3.63, 3.8) is 0 Å². The lowest BCUT2D eigenvalue weighted by atomic mass is 10.0. The molecule has 0 spiro atoms. The van der Waals surface area contributed by atoms with Crippen molar-refractivity contribution in [1.82, 2.24) is 19.9 Å². The van der Waals surface area contributed by atoms with Gasteiger partial charge in [0, 0.05) is 25.7 Å². The summed E-state index contributed by atoms with van der Waals surface area (Å²) in [6, 6.07) is -0.112. The van der Waals surface area contributed by atoms with Crippen molar-refractivity contribution in [1.29, 1.82) is 0 Å². The smallest absolute Gasteiger partial charge is 0.366 e. The van der Waals surface area contributed by atoms with E-state index in [0.717, 1.165) is 61.7 Å². The fourth-order valence-corrected chi connectivity index (χ4v) is 4.75. The Balaban J connectivity index is 1.27. The van der Waals surface area contributed by atoms with Gasteiger partial charge in [0.15, 0.2) is 11.5 Å². The number of anilines is 4. The quantitative estimate of drug-likeness (QED) is 0.716. The minimum atomic E-state index is -4.50. The van der Waals surface area contributed by atoms with Gasteiger partial charge in [-0.3, -0.25) is 4.79 Å². The Labute approximate surface area is 188 Å². The van der Waals surface area contributed by atoms with Gasteiger partial charge in [0.05, 0.1) is 18.1 Å². The molecule has 33 heavy (non-hydrogen) atoms. The Morgan fingerprint density at radius 2 is 1.85 bits per heavy atom. The maximum atomic E-state index is 12.7. The zero-order valence-electron chi connectivity index (χ0n) is 18.4. The molecule has 2 N–H and O–H groups in total. The number of carbonyl (C=O) groups excluding carboxylic acids is 1. The zero-order valence-corrected chi connectivity index (χ0v) is 18.4. The molecule has 1 saturated carbocycles. The first-order valence-corrected chi connectivity index (χ1v) is 11.1. The molecule has 3 aliphatic rings. The highest BCUT2D eigenvalue weighted by Crippen LogP contribution is 2.40. The molecular weight excluding hydrogens is 437 g/mol. The van der Waals surface area contributed by atoms with E-state index in [1.54, 1.807) is 0 Å². The van der Waals surface area contributed by atoms with Crippen molar-refractivity contribution < 1.29 is 18.0 Å². The van der Waals surface area contributed by atoms with Crippen LogP contribution >= 0.6 is 0 Å². The molecule has 0 aromatic carbocycles. The van der Waals surface area contributed by atoms with Crippen LogP contribution in [0, 0.1) is 0 Å². The minimum Gasteiger partial charge on any atom is -0.366 e. The van der Waals surface area contributed by atoms with Crippen LogP contribution in [-0.2, 0) is 17.4 Å². The van der Waals surface area contributed by atoms with Gasteiger partial charge < -0.3 is 20.4 Å². The molecule has 0 saturated heterocycles. The fraction of sp³-hybridized carbons (Fsp3) is 0.571. The van der Waals surface area contributed by atoms with Crippen molar-refractivity contribution in [2.45, 2.75) is 63.3 Å². The van der Waals surface area contributed by atoms with Crippen LogP contribution in [0.15, 0.2) is 12.4 Å². The molecule has 5 rings (SSSR count). The summed E-state index contributed by atoms with van der Waals surface area (Å²) in [7, 11) is 1.88. The number of rotatable bonds is 4. The summed E-state index contributed by atoms with van der Waals surface area (Å²) in [4.78, 5) is 33.1. The lowest BCUT2D eigenvalue weighted by Gasteiger charge is -2.41. The summed E-state index contributed by atoms with van der Waals surface area (Å²) >= 11 is 0. The van der Waals surface area contributed by atoms with Gasteiger partial charge >= 0.3 is 6.18 Å². The third kappa shape index (κ3) is 4.02. The number of likely N-dealkylation sites (N-methyl/N-ethyl adjacent to an activating group) is 1. The van der Waals surface area contributed by atoms with Gasteiger partial charge in [0.2, 0.25) is 11.9 Å². The summed E-state index contributed by atoms with van der Waals surface area (Å²) in [5, 5.41) is 6.59. The molecule has 0 radical (unpaired) electrons. The highest BCUT2D eigenvalue weighted by atomic mass is 19.4. The molecule has 2 aliphatic heterocycles. The van der Waals surface area contributed by atoms with Gasteiger partial charge in [-0.2, -0.15) is 18.2 Å². The predicted molar refractivity (Wildman–Crippen MR) is 116 cm³/mol. The van der Waals surface area contributed by atoms with Gasteiger partial charge in [-0.25, -0.2) is 15.0 Å². The first kappa shape index (κ1) is 21.7. The number of alkyl halides is 3. The van der Waals surface area contributed by atoms with Crippen LogP contribution in [0.25, 0.3) is 0 Å². The predicted octanol–water partition coefficient (Wildman–Crippen LogP) is 2.85. The third-order valence-corrected chi connectivity index (χ3v) is 6.60. The van der Waals surface area contributed by atoms with Crippen molar-refractivity contribution in [2.75, 3.05) is 34.0 Å². The first-order valence-electron chi connectivity index (χ1n) is 11.1. The second-order valence-electron chi connectivity index (χ2n) is 8.83. The Kier molecular flexibility index (Phi) is 5.25. The molecule has 4 heterocycles. The van der Waals surface area contributed by atoms with Crippen LogP contribution in [0.5, 0.6) is 0 Å². The monoisotopic (exact) mass is 462 g/mol. The summed E-state index contributed by atoms with van der Waals surface area (Å²) in [6.07, 6.45) is 1.46. The zero-order chi connectivity index (χ0) is 23.3. The number of aryl methyl sites for hydroxylation is 1. The number of amides is 1. The van der Waals surface area contributed by atoms with Gasteiger partial charge in [-0.15, -0.1) is 0 Å². The van der Waals surface area contributed by atoms with Gasteiger partial charge in [-0.1, -0.05) is 0 Å². The van der Waals surface area contributed by atoms with Crippen LogP contribution in [0.3, 0.4) is 0 Å². The lowest BCUT2D eigenvalue weighted by molar-refractivity contribution is -0.141. The summed E-state index contributed by atoms with van der Waals surface area (Å²) in [6.45, 7) is 2.57. The molecule has 2 aromatic heterocycles. The number of nitrogens with one attached hydrogen (secondary N) is 2. The average Bonchev–Trinajstić information content (AvgIpc) is 3.22. The topological polar surface area (TPSA) is 99.2 Å². The standard InChI is InChI=1S/C21H25F3N8O/c1-11-19(33)32-7-3-4-14-17(32)18(31(11)2)30-20(29-14)28-13-6-5-12(8-13)27-16-10-25-15(9-26-16)21(22,23)24/h9-13H,3-8H2,1-2H3,(H,26,27)(H,28,29,30)/t11-,12+,13+/m0/s1. The van der Waals surface area contributed by atoms with E-state index in [1.165, 1.54) is 0 Å². The van der Waals surface area contributed by atoms with Crippen LogP contribution < -0.4 is 20.4 Å². The lowest BCUT2D eigenvalue weighted by Crippen LogP contribution is -2.53. The normalized spacial score (nSPS) is 24.6. The second kappa shape index (κ2) is 7.99. The molecule has 12 heteroatoms. The van der Waals surface area contributed by atoms with Crippen LogP contribution in [0.1, 0.15) is 44.0 Å². The van der Waals surface area contributed by atoms with Crippen LogP contribution in [0.4, 0.5) is 36.4 Å². The Morgan fingerprint density at radius 3 is 2.55 bits per heavy atom. The van der Waals surface area contributed by atoms with E-state index >= 15 is 0 Å². The van der Waals surface area contributed by atoms with E-state index in [4.69, 9.17) is 9.97 Å². The number of carbonyl (C=O) groups is 1. The molecule has 1 fully saturated rings. The number of aromatic nitrogens is 4. The highest BCUT2D eigenvalue weighted by molar-refractivity contribution is 6.05. The molecule has 3 atom stereocenters. The maximum Gasteiger partial charge on any atom is 0.434 e. The van der Waals surface area contributed by atoms with E-state index in [1.807, 2.05) is 23.8 Å². The largest absolute Gasteiger partial charge is 0.434 e. The van der Waals surface area contributed by atoms with E-state index in [9.17, 15) is 18.0 Å². The van der Waals surface area contributed by atoms with Crippen LogP contribution in [0.2, 0.25) is 0 Å². The van der Waals surface area contributed by atoms with E-state index in [0.29, 0.717) is 18.3 Å². The van der Waals surface area contributed by atoms with Crippen molar-refractivity contribution in [3.8, 4) is 0 Å². The maximum absolute atomic E-state index is 12.7. The highest BCUT2D eigenvalue weighted by Gasteiger charge is 2.39. The summed E-state index contributed by atoms with van der Waals surface area (Å²) in [5.41, 5.74) is 0.699. The Morgan fingerprint density at radius 1 is 1.09 bits per heavy atom. The van der Waals surface area contributed by atoms with E-state index in [-0.39, 0.29) is 24.0 Å². The molecule has 1 amide bonds. The Hall–Kier alpha value is -3.18. The van der Waals surface area contributed by atoms with E-state index in [2.05, 4.69) is 20.6 Å². The molecule has 2 aromatic rings. The SMILES string of the molecule is C[C@H]1C(=O)N2CCCc3nc(N[C@@H]4CC[C@@H](Nc5cnc(C(F)(F)F)cn5)C4)nc(c32)N1C. The molecule has 1 aliphatic carbocycles. The molecule has 0 bridgehead atoms. The molecule has 9 nitrogen and oxygen atoms in total. The third-order valence-electron chi connectivity index (χ3n) is 6.60. The first-order chi connectivity index (χ1) is 15.7. The van der Waals surface area contributed by atoms with Crippen molar-refractivity contribution in [2.24, 2.45) is 0 Å². The Bertz CT molecular complexity index is 1060.